The zero-order valence-electron chi connectivity index (χ0n) is 12.6. The number of fused-ring (bicyclic) bond motifs is 1. The number of nitrogens with zero attached hydrogens (tertiary/aromatic N) is 1. The van der Waals surface area contributed by atoms with E-state index in [9.17, 15) is 0 Å². The van der Waals surface area contributed by atoms with Crippen LogP contribution in [0, 0.1) is 0 Å². The van der Waals surface area contributed by atoms with Crippen LogP contribution in [0.2, 0.25) is 0 Å². The van der Waals surface area contributed by atoms with Crippen molar-refractivity contribution in [1.82, 2.24) is 4.90 Å². The van der Waals surface area contributed by atoms with Crippen molar-refractivity contribution in [3.05, 3.63) is 35.6 Å². The summed E-state index contributed by atoms with van der Waals surface area (Å²) in [5.74, 6) is 0.959. The van der Waals surface area contributed by atoms with Crippen molar-refractivity contribution in [3.8, 4) is 0 Å². The summed E-state index contributed by atoms with van der Waals surface area (Å²) < 4.78 is 11.5. The second-order valence-corrected chi connectivity index (χ2v) is 5.36. The molecule has 4 nitrogen and oxygen atoms in total. The van der Waals surface area contributed by atoms with Crippen LogP contribution in [0.15, 0.2) is 28.7 Å². The molecule has 0 atom stereocenters. The fourth-order valence-electron chi connectivity index (χ4n) is 2.27. The molecule has 2 rings (SSSR count). The van der Waals surface area contributed by atoms with Gasteiger partial charge in [0.05, 0.1) is 19.3 Å². The Morgan fingerprint density at radius 1 is 1.30 bits per heavy atom. The van der Waals surface area contributed by atoms with Gasteiger partial charge in [-0.2, -0.15) is 0 Å². The first-order valence-corrected chi connectivity index (χ1v) is 7.11. The maximum atomic E-state index is 5.93. The molecule has 1 heterocycles. The predicted molar refractivity (Wildman–Crippen MR) is 81.5 cm³/mol. The first-order chi connectivity index (χ1) is 9.61. The van der Waals surface area contributed by atoms with Crippen LogP contribution in [-0.2, 0) is 17.8 Å². The highest BCUT2D eigenvalue weighted by Gasteiger charge is 2.14. The van der Waals surface area contributed by atoms with E-state index in [1.807, 2.05) is 32.0 Å². The number of rotatable bonds is 7. The number of hydrogen-bond acceptors (Lipinski definition) is 4. The zero-order chi connectivity index (χ0) is 14.5. The fraction of sp³-hybridized carbons (Fsp3) is 0.500. The summed E-state index contributed by atoms with van der Waals surface area (Å²) in [5.41, 5.74) is 7.89. The van der Waals surface area contributed by atoms with Gasteiger partial charge in [-0.25, -0.2) is 0 Å². The van der Waals surface area contributed by atoms with Crippen molar-refractivity contribution in [2.75, 3.05) is 20.2 Å². The Morgan fingerprint density at radius 3 is 2.75 bits per heavy atom. The van der Waals surface area contributed by atoms with E-state index in [0.717, 1.165) is 42.0 Å². The van der Waals surface area contributed by atoms with Gasteiger partial charge in [-0.15, -0.1) is 0 Å². The van der Waals surface area contributed by atoms with E-state index >= 15 is 0 Å². The Morgan fingerprint density at radius 2 is 2.05 bits per heavy atom. The van der Waals surface area contributed by atoms with Gasteiger partial charge in [0.1, 0.15) is 11.3 Å². The number of nitrogens with two attached hydrogens (primary N) is 1. The van der Waals surface area contributed by atoms with Gasteiger partial charge < -0.3 is 14.9 Å². The normalized spacial score (nSPS) is 11.9. The van der Waals surface area contributed by atoms with E-state index in [1.165, 1.54) is 0 Å². The third-order valence-corrected chi connectivity index (χ3v) is 3.32. The Balaban J connectivity index is 2.05. The molecule has 0 aliphatic heterocycles. The number of benzene rings is 1. The van der Waals surface area contributed by atoms with E-state index < -0.39 is 0 Å². The molecule has 110 valence electrons. The Bertz CT molecular complexity index is 548. The molecule has 0 radical (unpaired) electrons. The zero-order valence-corrected chi connectivity index (χ0v) is 12.6. The molecule has 0 aliphatic rings. The van der Waals surface area contributed by atoms with Crippen LogP contribution < -0.4 is 5.73 Å². The van der Waals surface area contributed by atoms with E-state index in [-0.39, 0.29) is 6.10 Å². The lowest BCUT2D eigenvalue weighted by Gasteiger charge is -2.17. The summed E-state index contributed by atoms with van der Waals surface area (Å²) in [6.07, 6.45) is 0.272. The molecule has 0 aliphatic carbocycles. The van der Waals surface area contributed by atoms with Gasteiger partial charge in [-0.1, -0.05) is 18.2 Å². The molecule has 20 heavy (non-hydrogen) atoms. The highest BCUT2D eigenvalue weighted by atomic mass is 16.5. The first-order valence-electron chi connectivity index (χ1n) is 7.11. The Hall–Kier alpha value is -1.36. The Labute approximate surface area is 120 Å². The minimum atomic E-state index is 0.272. The van der Waals surface area contributed by atoms with Gasteiger partial charge >= 0.3 is 0 Å². The molecule has 4 heteroatoms. The minimum absolute atomic E-state index is 0.272. The maximum Gasteiger partial charge on any atom is 0.134 e. The summed E-state index contributed by atoms with van der Waals surface area (Å²) in [6.45, 7) is 6.95. The maximum absolute atomic E-state index is 5.93. The van der Waals surface area contributed by atoms with Gasteiger partial charge in [0.2, 0.25) is 0 Å². The third-order valence-electron chi connectivity index (χ3n) is 3.32. The van der Waals surface area contributed by atoms with E-state index in [0.29, 0.717) is 6.54 Å². The summed E-state index contributed by atoms with van der Waals surface area (Å²) in [4.78, 5) is 2.19. The van der Waals surface area contributed by atoms with Gasteiger partial charge in [-0.05, 0) is 27.0 Å². The molecular formula is C16H24N2O2. The molecule has 2 N–H and O–H groups in total. The Kier molecular flexibility index (Phi) is 5.17. The number of para-hydroxylation sites is 1. The number of furan rings is 1. The number of ether oxygens (including phenoxy) is 1. The molecule has 0 spiro atoms. The average molecular weight is 276 g/mol. The lowest BCUT2D eigenvalue weighted by molar-refractivity contribution is 0.0617. The third kappa shape index (κ3) is 3.60. The highest BCUT2D eigenvalue weighted by molar-refractivity contribution is 5.82. The molecule has 2 aromatic rings. The molecule has 0 unspecified atom stereocenters. The van der Waals surface area contributed by atoms with E-state index in [2.05, 4.69) is 18.0 Å². The average Bonchev–Trinajstić information content (AvgIpc) is 2.75. The minimum Gasteiger partial charge on any atom is -0.459 e. The van der Waals surface area contributed by atoms with Crippen molar-refractivity contribution >= 4 is 11.0 Å². The highest BCUT2D eigenvalue weighted by Crippen LogP contribution is 2.26. The molecule has 1 aromatic carbocycles. The summed E-state index contributed by atoms with van der Waals surface area (Å²) in [6, 6.07) is 8.04. The van der Waals surface area contributed by atoms with E-state index in [4.69, 9.17) is 14.9 Å². The van der Waals surface area contributed by atoms with Crippen LogP contribution in [0.4, 0.5) is 0 Å². The topological polar surface area (TPSA) is 51.6 Å². The van der Waals surface area contributed by atoms with Crippen LogP contribution in [0.5, 0.6) is 0 Å². The molecule has 0 fully saturated rings. The molecule has 0 saturated carbocycles. The van der Waals surface area contributed by atoms with Crippen molar-refractivity contribution in [1.29, 1.82) is 0 Å². The van der Waals surface area contributed by atoms with Crippen LogP contribution in [-0.4, -0.2) is 31.2 Å². The first kappa shape index (κ1) is 15.0. The second kappa shape index (κ2) is 6.88. The van der Waals surface area contributed by atoms with Crippen molar-refractivity contribution in [3.63, 3.8) is 0 Å². The predicted octanol–water partition coefficient (Wildman–Crippen LogP) is 2.75. The van der Waals surface area contributed by atoms with Crippen LogP contribution in [0.25, 0.3) is 11.0 Å². The van der Waals surface area contributed by atoms with E-state index in [1.54, 1.807) is 0 Å². The van der Waals surface area contributed by atoms with Crippen LogP contribution in [0.3, 0.4) is 0 Å². The molecule has 0 saturated heterocycles. The second-order valence-electron chi connectivity index (χ2n) is 5.36. The lowest BCUT2D eigenvalue weighted by atomic mass is 10.1. The smallest absolute Gasteiger partial charge is 0.134 e. The van der Waals surface area contributed by atoms with Crippen LogP contribution in [0.1, 0.15) is 25.2 Å². The molecule has 1 aromatic heterocycles. The summed E-state index contributed by atoms with van der Waals surface area (Å²) in [7, 11) is 2.07. The van der Waals surface area contributed by atoms with Gasteiger partial charge in [0.25, 0.3) is 0 Å². The van der Waals surface area contributed by atoms with Gasteiger partial charge in [0, 0.05) is 24.0 Å². The van der Waals surface area contributed by atoms with Crippen molar-refractivity contribution in [2.24, 2.45) is 5.73 Å². The SMILES string of the molecule is CC(C)OCCN(C)Cc1oc2ccccc2c1CN. The monoisotopic (exact) mass is 276 g/mol. The largest absolute Gasteiger partial charge is 0.459 e. The van der Waals surface area contributed by atoms with Crippen molar-refractivity contribution < 1.29 is 9.15 Å². The molecule has 0 amide bonds. The number of hydrogen-bond donors (Lipinski definition) is 1. The number of likely N-dealkylation sites (N-methyl/N-ethyl adjacent to an activating group) is 1. The molecular weight excluding hydrogens is 252 g/mol. The fourth-order valence-corrected chi connectivity index (χ4v) is 2.27. The van der Waals surface area contributed by atoms with Gasteiger partial charge in [0.15, 0.2) is 0 Å². The summed E-state index contributed by atoms with van der Waals surface area (Å²) >= 11 is 0. The van der Waals surface area contributed by atoms with Gasteiger partial charge in [-0.3, -0.25) is 4.90 Å². The quantitative estimate of drug-likeness (QED) is 0.845. The summed E-state index contributed by atoms with van der Waals surface area (Å²) in [5, 5.41) is 1.12. The lowest BCUT2D eigenvalue weighted by Crippen LogP contribution is -2.24. The molecule has 0 bridgehead atoms. The standard InChI is InChI=1S/C16H24N2O2/c1-12(2)19-9-8-18(3)11-16-14(10-17)13-6-4-5-7-15(13)20-16/h4-7,12H,8-11,17H2,1-3H3. The van der Waals surface area contributed by atoms with Crippen LogP contribution >= 0.6 is 0 Å². The van der Waals surface area contributed by atoms with Crippen molar-refractivity contribution in [2.45, 2.75) is 33.0 Å².